The number of anilines is 1. The van der Waals surface area contributed by atoms with Gasteiger partial charge in [-0.3, -0.25) is 14.4 Å². The van der Waals surface area contributed by atoms with Gasteiger partial charge in [0.25, 0.3) is 5.78 Å². The second-order valence-corrected chi connectivity index (χ2v) is 8.94. The van der Waals surface area contributed by atoms with Crippen molar-refractivity contribution in [1.29, 1.82) is 0 Å². The Hall–Kier alpha value is -2.74. The van der Waals surface area contributed by atoms with Gasteiger partial charge >= 0.3 is 5.97 Å². The molecule has 2 aliphatic heterocycles. The summed E-state index contributed by atoms with van der Waals surface area (Å²) in [5.74, 6) is -3.29. The molecule has 0 aromatic heterocycles. The number of aromatic hydroxyl groups is 1. The highest BCUT2D eigenvalue weighted by Gasteiger charge is 2.28. The quantitative estimate of drug-likeness (QED) is 0.519. The minimum Gasteiger partial charge on any atom is -0.507 e. The van der Waals surface area contributed by atoms with Crippen LogP contribution in [0.15, 0.2) is 12.1 Å². The van der Waals surface area contributed by atoms with Crippen LogP contribution in [0.4, 0.5) is 5.69 Å². The van der Waals surface area contributed by atoms with E-state index in [2.05, 4.69) is 16.8 Å². The predicted octanol–water partition coefficient (Wildman–Crippen LogP) is 2.15. The molecule has 0 unspecified atom stereocenters. The van der Waals surface area contributed by atoms with Gasteiger partial charge in [0.15, 0.2) is 0 Å². The van der Waals surface area contributed by atoms with E-state index in [4.69, 9.17) is 4.74 Å². The molecule has 1 fully saturated rings. The van der Waals surface area contributed by atoms with Gasteiger partial charge in [0.1, 0.15) is 17.4 Å². The van der Waals surface area contributed by atoms with Gasteiger partial charge in [0, 0.05) is 50.8 Å². The Morgan fingerprint density at radius 1 is 0.938 bits per heavy atom. The van der Waals surface area contributed by atoms with Gasteiger partial charge in [0.2, 0.25) is 11.6 Å². The van der Waals surface area contributed by atoms with Gasteiger partial charge in [-0.2, -0.15) is 0 Å². The number of fused-ring (bicyclic) bond motifs is 1. The fraction of sp³-hybridized carbons (Fsp3) is 0.583. The summed E-state index contributed by atoms with van der Waals surface area (Å²) in [5.41, 5.74) is 1.49. The number of likely N-dealkylation sites (N-methyl/N-ethyl adjacent to an activating group) is 1. The standard InChI is InChI=1S/C24H32N2O6/c1-15-7-8-20(28)23(30)19(27)6-4-5-17-13-18(26-11-9-25(3)10-12-26)14-21(29)22(17)24(31)32-16(15)2/h13-16,29H,4-12H2,1-3H3/t15-,16+/m1/s1. The van der Waals surface area contributed by atoms with Crippen molar-refractivity contribution < 1.29 is 29.0 Å². The summed E-state index contributed by atoms with van der Waals surface area (Å²) in [7, 11) is 2.05. The lowest BCUT2D eigenvalue weighted by molar-refractivity contribution is -0.144. The summed E-state index contributed by atoms with van der Waals surface area (Å²) in [6, 6.07) is 3.45. The second kappa shape index (κ2) is 10.3. The largest absolute Gasteiger partial charge is 0.507 e. The number of esters is 1. The molecular formula is C24H32N2O6. The lowest BCUT2D eigenvalue weighted by atomic mass is 9.94. The summed E-state index contributed by atoms with van der Waals surface area (Å²) in [5, 5.41) is 10.8. The minimum atomic E-state index is -0.951. The van der Waals surface area contributed by atoms with E-state index >= 15 is 0 Å². The molecule has 1 saturated heterocycles. The van der Waals surface area contributed by atoms with Crippen LogP contribution in [0.25, 0.3) is 0 Å². The van der Waals surface area contributed by atoms with E-state index in [1.807, 2.05) is 13.0 Å². The van der Waals surface area contributed by atoms with E-state index in [9.17, 15) is 24.3 Å². The minimum absolute atomic E-state index is 0.0517. The number of piperazine rings is 1. The Morgan fingerprint density at radius 3 is 2.28 bits per heavy atom. The molecule has 0 aliphatic carbocycles. The first kappa shape index (κ1) is 23.9. The Labute approximate surface area is 188 Å². The molecule has 32 heavy (non-hydrogen) atoms. The molecule has 1 aromatic rings. The molecule has 2 atom stereocenters. The molecule has 0 bridgehead atoms. The topological polar surface area (TPSA) is 104 Å². The molecule has 0 amide bonds. The molecule has 2 aliphatic rings. The van der Waals surface area contributed by atoms with Crippen molar-refractivity contribution >= 4 is 29.0 Å². The van der Waals surface area contributed by atoms with Crippen molar-refractivity contribution in [2.75, 3.05) is 38.1 Å². The number of cyclic esters (lactones) is 1. The van der Waals surface area contributed by atoms with E-state index in [0.29, 0.717) is 18.4 Å². The summed E-state index contributed by atoms with van der Waals surface area (Å²) in [6.45, 7) is 6.91. The Bertz CT molecular complexity index is 904. The van der Waals surface area contributed by atoms with E-state index in [0.717, 1.165) is 31.9 Å². The smallest absolute Gasteiger partial charge is 0.342 e. The highest BCUT2D eigenvalue weighted by atomic mass is 16.5. The molecule has 0 spiro atoms. The van der Waals surface area contributed by atoms with Crippen LogP contribution in [0.1, 0.15) is 55.5 Å². The Kier molecular flexibility index (Phi) is 7.66. The monoisotopic (exact) mass is 444 g/mol. The van der Waals surface area contributed by atoms with Crippen LogP contribution in [0.3, 0.4) is 0 Å². The van der Waals surface area contributed by atoms with Crippen molar-refractivity contribution in [2.45, 2.75) is 52.1 Å². The van der Waals surface area contributed by atoms with Crippen LogP contribution >= 0.6 is 0 Å². The molecule has 8 nitrogen and oxygen atoms in total. The highest BCUT2D eigenvalue weighted by molar-refractivity contribution is 6.63. The molecule has 2 heterocycles. The number of ketones is 3. The zero-order chi connectivity index (χ0) is 23.4. The molecule has 8 heteroatoms. The normalized spacial score (nSPS) is 24.7. The van der Waals surface area contributed by atoms with E-state index < -0.39 is 29.4 Å². The van der Waals surface area contributed by atoms with Crippen LogP contribution in [-0.2, 0) is 25.5 Å². The maximum absolute atomic E-state index is 13.0. The van der Waals surface area contributed by atoms with Crippen molar-refractivity contribution in [2.24, 2.45) is 5.92 Å². The number of hydrogen-bond acceptors (Lipinski definition) is 8. The van der Waals surface area contributed by atoms with E-state index in [-0.39, 0.29) is 36.5 Å². The van der Waals surface area contributed by atoms with Gasteiger partial charge in [0.05, 0.1) is 0 Å². The van der Waals surface area contributed by atoms with Gasteiger partial charge in [-0.15, -0.1) is 0 Å². The average Bonchev–Trinajstić information content (AvgIpc) is 2.75. The summed E-state index contributed by atoms with van der Waals surface area (Å²) in [4.78, 5) is 53.7. The molecule has 3 rings (SSSR count). The van der Waals surface area contributed by atoms with Gasteiger partial charge < -0.3 is 19.6 Å². The van der Waals surface area contributed by atoms with Crippen molar-refractivity contribution in [1.82, 2.24) is 4.90 Å². The van der Waals surface area contributed by atoms with E-state index in [1.165, 1.54) is 0 Å². The van der Waals surface area contributed by atoms with Gasteiger partial charge in [-0.05, 0) is 50.8 Å². The lowest BCUT2D eigenvalue weighted by Gasteiger charge is -2.34. The first-order chi connectivity index (χ1) is 15.2. The number of benzene rings is 1. The highest BCUT2D eigenvalue weighted by Crippen LogP contribution is 2.32. The number of aryl methyl sites for hydroxylation is 1. The predicted molar refractivity (Wildman–Crippen MR) is 119 cm³/mol. The third kappa shape index (κ3) is 5.54. The van der Waals surface area contributed by atoms with Crippen molar-refractivity contribution in [3.05, 3.63) is 23.3 Å². The van der Waals surface area contributed by atoms with Crippen LogP contribution in [0.2, 0.25) is 0 Å². The molecule has 1 N–H and O–H groups in total. The van der Waals surface area contributed by atoms with E-state index in [1.54, 1.807) is 13.0 Å². The molecule has 0 saturated carbocycles. The third-order valence-electron chi connectivity index (χ3n) is 6.53. The number of hydrogen-bond donors (Lipinski definition) is 1. The van der Waals surface area contributed by atoms with Crippen molar-refractivity contribution in [3.8, 4) is 5.75 Å². The number of rotatable bonds is 1. The molecule has 0 radical (unpaired) electrons. The zero-order valence-corrected chi connectivity index (χ0v) is 19.1. The Balaban J connectivity index is 1.93. The SMILES string of the molecule is C[C@@H]1CCC(=O)C(=O)C(=O)CCCc2cc(N3CCN(C)CC3)cc(O)c2C(=O)O[C@H]1C. The molecule has 1 aromatic carbocycles. The maximum atomic E-state index is 13.0. The number of carbonyl (C=O) groups is 4. The number of phenols is 1. The number of nitrogens with zero attached hydrogens (tertiary/aromatic N) is 2. The fourth-order valence-electron chi connectivity index (χ4n) is 4.11. The van der Waals surface area contributed by atoms with Crippen LogP contribution < -0.4 is 4.90 Å². The fourth-order valence-corrected chi connectivity index (χ4v) is 4.11. The number of Topliss-reactive ketones (excluding diaryl/α,β-unsaturated/α-hetero) is 3. The summed E-state index contributed by atoms with van der Waals surface area (Å²) < 4.78 is 5.61. The maximum Gasteiger partial charge on any atom is 0.342 e. The van der Waals surface area contributed by atoms with Crippen molar-refractivity contribution in [3.63, 3.8) is 0 Å². The third-order valence-corrected chi connectivity index (χ3v) is 6.53. The van der Waals surface area contributed by atoms with Gasteiger partial charge in [-0.1, -0.05) is 6.92 Å². The number of ether oxygens (including phenoxy) is 1. The molecular weight excluding hydrogens is 412 g/mol. The van der Waals surface area contributed by atoms with Gasteiger partial charge in [-0.25, -0.2) is 4.79 Å². The summed E-state index contributed by atoms with van der Waals surface area (Å²) in [6.07, 6.45) is 0.266. The van der Waals surface area contributed by atoms with Crippen LogP contribution in [0.5, 0.6) is 5.75 Å². The van der Waals surface area contributed by atoms with Crippen LogP contribution in [0, 0.1) is 5.92 Å². The first-order valence-electron chi connectivity index (χ1n) is 11.3. The summed E-state index contributed by atoms with van der Waals surface area (Å²) >= 11 is 0. The number of phenolic OH excluding ortho intramolecular Hbond substituents is 1. The Morgan fingerprint density at radius 2 is 1.59 bits per heavy atom. The first-order valence-corrected chi connectivity index (χ1v) is 11.3. The number of carbonyl (C=O) groups excluding carboxylic acids is 4. The molecule has 174 valence electrons. The lowest BCUT2D eigenvalue weighted by Crippen LogP contribution is -2.44. The van der Waals surface area contributed by atoms with Crippen LogP contribution in [-0.4, -0.2) is 72.7 Å². The zero-order valence-electron chi connectivity index (χ0n) is 19.1. The average molecular weight is 445 g/mol. The second-order valence-electron chi connectivity index (χ2n) is 8.94.